The second kappa shape index (κ2) is 6.41. The first kappa shape index (κ1) is 14.5. The van der Waals surface area contributed by atoms with E-state index in [1.54, 1.807) is 0 Å². The molecule has 1 aliphatic heterocycles. The molecule has 0 fully saturated rings. The second-order valence-electron chi connectivity index (χ2n) is 4.63. The number of hydrogen-bond donors (Lipinski definition) is 1. The number of ether oxygens (including phenoxy) is 1. The Hall–Kier alpha value is -0.540. The maximum atomic E-state index is 10.7. The average molecular weight is 241 g/mol. The van der Waals surface area contributed by atoms with E-state index in [0.29, 0.717) is 6.61 Å². The molecule has 0 bridgehead atoms. The maximum absolute atomic E-state index is 10.7. The molecule has 1 rings (SSSR count). The van der Waals surface area contributed by atoms with Gasteiger partial charge in [-0.2, -0.15) is 0 Å². The Bertz CT molecular complexity index is 255. The van der Waals surface area contributed by atoms with E-state index in [1.165, 1.54) is 0 Å². The zero-order chi connectivity index (χ0) is 12.9. The number of rotatable bonds is 7. The standard InChI is InChI=1S/C14H27NO2/c1-5-14(6-2,15(7-3)8-4)13(16)12-10-9-11-17-12/h10,13,16H,5-9,11H2,1-4H3. The van der Waals surface area contributed by atoms with Crippen molar-refractivity contribution in [1.82, 2.24) is 4.90 Å². The molecule has 1 atom stereocenters. The molecular formula is C14H27NO2. The summed E-state index contributed by atoms with van der Waals surface area (Å²) in [6.45, 7) is 11.3. The van der Waals surface area contributed by atoms with Gasteiger partial charge in [0.25, 0.3) is 0 Å². The fourth-order valence-electron chi connectivity index (χ4n) is 3.00. The van der Waals surface area contributed by atoms with Crippen molar-refractivity contribution < 1.29 is 9.84 Å². The summed E-state index contributed by atoms with van der Waals surface area (Å²) in [6.07, 6.45) is 4.34. The first-order valence-electron chi connectivity index (χ1n) is 6.92. The van der Waals surface area contributed by atoms with E-state index in [0.717, 1.165) is 38.1 Å². The molecule has 1 unspecified atom stereocenters. The van der Waals surface area contributed by atoms with Crippen LogP contribution >= 0.6 is 0 Å². The number of hydrogen-bond acceptors (Lipinski definition) is 3. The Morgan fingerprint density at radius 1 is 1.29 bits per heavy atom. The monoisotopic (exact) mass is 241 g/mol. The molecule has 3 heteroatoms. The van der Waals surface area contributed by atoms with Crippen LogP contribution in [0.15, 0.2) is 11.8 Å². The van der Waals surface area contributed by atoms with E-state index in [9.17, 15) is 5.11 Å². The van der Waals surface area contributed by atoms with Crippen LogP contribution in [0.25, 0.3) is 0 Å². The van der Waals surface area contributed by atoms with Gasteiger partial charge in [-0.15, -0.1) is 0 Å². The minimum Gasteiger partial charge on any atom is -0.495 e. The summed E-state index contributed by atoms with van der Waals surface area (Å²) in [5, 5.41) is 10.7. The van der Waals surface area contributed by atoms with E-state index in [1.807, 2.05) is 6.08 Å². The Kier molecular flexibility index (Phi) is 5.47. The summed E-state index contributed by atoms with van der Waals surface area (Å²) in [5.74, 6) is 0.778. The summed E-state index contributed by atoms with van der Waals surface area (Å²) in [4.78, 5) is 2.36. The fraction of sp³-hybridized carbons (Fsp3) is 0.857. The van der Waals surface area contributed by atoms with E-state index < -0.39 is 6.10 Å². The van der Waals surface area contributed by atoms with Gasteiger partial charge in [0.1, 0.15) is 11.9 Å². The van der Waals surface area contributed by atoms with E-state index in [4.69, 9.17) is 4.74 Å². The molecule has 0 amide bonds. The van der Waals surface area contributed by atoms with Crippen molar-refractivity contribution in [1.29, 1.82) is 0 Å². The second-order valence-corrected chi connectivity index (χ2v) is 4.63. The Labute approximate surface area is 105 Å². The lowest BCUT2D eigenvalue weighted by Crippen LogP contribution is -2.56. The zero-order valence-corrected chi connectivity index (χ0v) is 11.7. The maximum Gasteiger partial charge on any atom is 0.129 e. The normalized spacial score (nSPS) is 18.1. The van der Waals surface area contributed by atoms with E-state index in [2.05, 4.69) is 32.6 Å². The molecule has 100 valence electrons. The molecule has 1 N–H and O–H groups in total. The molecule has 0 saturated heterocycles. The highest BCUT2D eigenvalue weighted by atomic mass is 16.5. The average Bonchev–Trinajstić information content (AvgIpc) is 2.89. The quantitative estimate of drug-likeness (QED) is 0.743. The first-order valence-corrected chi connectivity index (χ1v) is 6.92. The van der Waals surface area contributed by atoms with Gasteiger partial charge >= 0.3 is 0 Å². The summed E-state index contributed by atoms with van der Waals surface area (Å²) < 4.78 is 5.55. The van der Waals surface area contributed by atoms with E-state index in [-0.39, 0.29) is 5.54 Å². The molecule has 0 aromatic heterocycles. The summed E-state index contributed by atoms with van der Waals surface area (Å²) in [6, 6.07) is 0. The predicted octanol–water partition coefficient (Wildman–Crippen LogP) is 2.55. The van der Waals surface area contributed by atoms with Crippen LogP contribution in [0.2, 0.25) is 0 Å². The summed E-state index contributed by atoms with van der Waals surface area (Å²) in [5.41, 5.74) is -0.181. The van der Waals surface area contributed by atoms with Crippen molar-refractivity contribution in [2.24, 2.45) is 0 Å². The highest BCUT2D eigenvalue weighted by Crippen LogP contribution is 2.33. The molecule has 17 heavy (non-hydrogen) atoms. The van der Waals surface area contributed by atoms with Gasteiger partial charge in [0, 0.05) is 6.42 Å². The van der Waals surface area contributed by atoms with Gasteiger partial charge in [0.2, 0.25) is 0 Å². The minimum atomic E-state index is -0.500. The van der Waals surface area contributed by atoms with Crippen molar-refractivity contribution in [2.75, 3.05) is 19.7 Å². The molecule has 0 spiro atoms. The number of aliphatic hydroxyl groups excluding tert-OH is 1. The molecule has 0 saturated carbocycles. The minimum absolute atomic E-state index is 0.181. The van der Waals surface area contributed by atoms with Crippen LogP contribution in [0.1, 0.15) is 47.0 Å². The third kappa shape index (κ3) is 2.66. The lowest BCUT2D eigenvalue weighted by Gasteiger charge is -2.45. The highest BCUT2D eigenvalue weighted by molar-refractivity contribution is 5.13. The van der Waals surface area contributed by atoms with Crippen LogP contribution in [0.5, 0.6) is 0 Å². The SMILES string of the molecule is CCN(CC)C(CC)(CC)C(O)C1=CCCO1. The molecule has 3 nitrogen and oxygen atoms in total. The number of likely N-dealkylation sites (N-methyl/N-ethyl adjacent to an activating group) is 1. The van der Waals surface area contributed by atoms with Crippen molar-refractivity contribution in [3.8, 4) is 0 Å². The fourth-order valence-corrected chi connectivity index (χ4v) is 3.00. The van der Waals surface area contributed by atoms with Crippen molar-refractivity contribution in [2.45, 2.75) is 58.6 Å². The van der Waals surface area contributed by atoms with Gasteiger partial charge in [0.05, 0.1) is 12.1 Å². The molecular weight excluding hydrogens is 214 g/mol. The molecule has 0 aromatic rings. The van der Waals surface area contributed by atoms with E-state index >= 15 is 0 Å². The number of nitrogens with zero attached hydrogens (tertiary/aromatic N) is 1. The lowest BCUT2D eigenvalue weighted by atomic mass is 9.83. The van der Waals surface area contributed by atoms with Crippen LogP contribution in [0.3, 0.4) is 0 Å². The van der Waals surface area contributed by atoms with Gasteiger partial charge in [-0.1, -0.05) is 27.7 Å². The smallest absolute Gasteiger partial charge is 0.129 e. The van der Waals surface area contributed by atoms with Gasteiger partial charge in [0.15, 0.2) is 0 Å². The molecule has 0 radical (unpaired) electrons. The van der Waals surface area contributed by atoms with Crippen LogP contribution in [-0.4, -0.2) is 41.3 Å². The zero-order valence-electron chi connectivity index (χ0n) is 11.7. The van der Waals surface area contributed by atoms with Crippen LogP contribution in [-0.2, 0) is 4.74 Å². The lowest BCUT2D eigenvalue weighted by molar-refractivity contribution is -0.0391. The summed E-state index contributed by atoms with van der Waals surface area (Å²) in [7, 11) is 0. The Balaban J connectivity index is 2.96. The van der Waals surface area contributed by atoms with Crippen LogP contribution < -0.4 is 0 Å². The molecule has 1 aliphatic rings. The highest BCUT2D eigenvalue weighted by Gasteiger charge is 2.42. The summed E-state index contributed by atoms with van der Waals surface area (Å²) >= 11 is 0. The van der Waals surface area contributed by atoms with Gasteiger partial charge < -0.3 is 9.84 Å². The predicted molar refractivity (Wildman–Crippen MR) is 70.9 cm³/mol. The van der Waals surface area contributed by atoms with Crippen LogP contribution in [0.4, 0.5) is 0 Å². The van der Waals surface area contributed by atoms with Crippen LogP contribution in [0, 0.1) is 0 Å². The third-order valence-electron chi connectivity index (χ3n) is 4.13. The molecule has 1 heterocycles. The Morgan fingerprint density at radius 2 is 1.88 bits per heavy atom. The molecule has 0 aliphatic carbocycles. The number of aliphatic hydroxyl groups is 1. The third-order valence-corrected chi connectivity index (χ3v) is 4.13. The Morgan fingerprint density at radius 3 is 2.24 bits per heavy atom. The van der Waals surface area contributed by atoms with Gasteiger partial charge in [-0.3, -0.25) is 4.90 Å². The van der Waals surface area contributed by atoms with Gasteiger partial charge in [-0.25, -0.2) is 0 Å². The topological polar surface area (TPSA) is 32.7 Å². The van der Waals surface area contributed by atoms with Crippen molar-refractivity contribution in [3.63, 3.8) is 0 Å². The van der Waals surface area contributed by atoms with Gasteiger partial charge in [-0.05, 0) is 32.0 Å². The largest absolute Gasteiger partial charge is 0.495 e. The van der Waals surface area contributed by atoms with Crippen molar-refractivity contribution in [3.05, 3.63) is 11.8 Å². The molecule has 0 aromatic carbocycles. The van der Waals surface area contributed by atoms with Crippen molar-refractivity contribution >= 4 is 0 Å². The first-order chi connectivity index (χ1) is 8.16.